The van der Waals surface area contributed by atoms with Gasteiger partial charge in [-0.3, -0.25) is 4.79 Å². The Morgan fingerprint density at radius 3 is 2.54 bits per heavy atom. The number of hydrogen-bond acceptors (Lipinski definition) is 4. The second kappa shape index (κ2) is 10.3. The molecule has 200 valence electrons. The molecular weight excluding hydrogens is 438 g/mol. The highest BCUT2D eigenvalue weighted by molar-refractivity contribution is 5.75. The van der Waals surface area contributed by atoms with Crippen molar-refractivity contribution in [3.05, 3.63) is 0 Å². The van der Waals surface area contributed by atoms with E-state index in [1.807, 2.05) is 0 Å². The van der Waals surface area contributed by atoms with Gasteiger partial charge in [0.25, 0.3) is 0 Å². The summed E-state index contributed by atoms with van der Waals surface area (Å²) in [5.74, 6) is 4.28. The van der Waals surface area contributed by atoms with Gasteiger partial charge >= 0.3 is 0 Å². The van der Waals surface area contributed by atoms with E-state index in [1.54, 1.807) is 0 Å². The molecule has 1 saturated heterocycles. The molecule has 3 N–H and O–H groups in total. The molecule has 10 atom stereocenters. The molecule has 1 heterocycles. The van der Waals surface area contributed by atoms with Crippen LogP contribution in [-0.4, -0.2) is 48.1 Å². The number of carbonyl (C=O) groups excluding carboxylic acids is 1. The Bertz CT molecular complexity index is 753. The Kier molecular flexibility index (Phi) is 7.61. The van der Waals surface area contributed by atoms with E-state index < -0.39 is 0 Å². The number of fused-ring (bicyclic) bond motifs is 5. The molecule has 5 fully saturated rings. The molecular formula is C30H51NO4. The molecule has 35 heavy (non-hydrogen) atoms. The van der Waals surface area contributed by atoms with Crippen LogP contribution >= 0.6 is 0 Å². The summed E-state index contributed by atoms with van der Waals surface area (Å²) in [7, 11) is 0. The number of rotatable bonds is 6. The van der Waals surface area contributed by atoms with E-state index in [-0.39, 0.29) is 28.9 Å². The van der Waals surface area contributed by atoms with E-state index in [0.717, 1.165) is 70.6 Å². The normalized spacial score (nSPS) is 46.8. The number of hydrogen-bond donors (Lipinski definition) is 3. The monoisotopic (exact) mass is 489 g/mol. The molecule has 5 aliphatic rings. The Labute approximate surface area is 213 Å². The number of amides is 1. The maximum Gasteiger partial charge on any atom is 0.220 e. The van der Waals surface area contributed by atoms with Crippen molar-refractivity contribution in [1.29, 1.82) is 0 Å². The average Bonchev–Trinajstić information content (AvgIpc) is 3.22. The summed E-state index contributed by atoms with van der Waals surface area (Å²) in [6, 6.07) is 0. The van der Waals surface area contributed by atoms with E-state index in [0.29, 0.717) is 41.9 Å². The van der Waals surface area contributed by atoms with Crippen LogP contribution in [-0.2, 0) is 9.53 Å². The molecule has 0 bridgehead atoms. The Hall–Kier alpha value is -0.650. The van der Waals surface area contributed by atoms with Crippen molar-refractivity contribution >= 4 is 5.91 Å². The lowest BCUT2D eigenvalue weighted by Gasteiger charge is -2.62. The van der Waals surface area contributed by atoms with Crippen LogP contribution in [0.5, 0.6) is 0 Å². The van der Waals surface area contributed by atoms with Crippen LogP contribution in [0.3, 0.4) is 0 Å². The zero-order valence-electron chi connectivity index (χ0n) is 22.5. The van der Waals surface area contributed by atoms with Crippen molar-refractivity contribution in [2.75, 3.05) is 19.8 Å². The molecule has 0 aromatic carbocycles. The molecule has 1 amide bonds. The lowest BCUT2D eigenvalue weighted by molar-refractivity contribution is -0.174. The van der Waals surface area contributed by atoms with Gasteiger partial charge in [-0.1, -0.05) is 20.8 Å². The van der Waals surface area contributed by atoms with Crippen molar-refractivity contribution < 1.29 is 19.7 Å². The molecule has 0 radical (unpaired) electrons. The molecule has 4 saturated carbocycles. The quantitative estimate of drug-likeness (QED) is 0.494. The first-order valence-corrected chi connectivity index (χ1v) is 14.9. The summed E-state index contributed by atoms with van der Waals surface area (Å²) in [4.78, 5) is 12.6. The molecule has 0 unspecified atom stereocenters. The van der Waals surface area contributed by atoms with Crippen LogP contribution in [0.25, 0.3) is 0 Å². The third kappa shape index (κ3) is 4.72. The highest BCUT2D eigenvalue weighted by Gasteiger charge is 2.63. The molecule has 5 rings (SSSR count). The van der Waals surface area contributed by atoms with Gasteiger partial charge < -0.3 is 20.3 Å². The molecule has 5 heteroatoms. The molecule has 5 nitrogen and oxygen atoms in total. The van der Waals surface area contributed by atoms with Crippen molar-refractivity contribution in [1.82, 2.24) is 5.32 Å². The van der Waals surface area contributed by atoms with Crippen LogP contribution < -0.4 is 5.32 Å². The highest BCUT2D eigenvalue weighted by atomic mass is 16.5. The number of aliphatic hydroxyl groups is 2. The fourth-order valence-electron chi connectivity index (χ4n) is 10.0. The van der Waals surface area contributed by atoms with Crippen molar-refractivity contribution in [2.45, 2.75) is 110 Å². The minimum Gasteiger partial charge on any atom is -0.393 e. The van der Waals surface area contributed by atoms with E-state index in [4.69, 9.17) is 4.74 Å². The highest BCUT2D eigenvalue weighted by Crippen LogP contribution is 2.68. The van der Waals surface area contributed by atoms with Gasteiger partial charge in [0.2, 0.25) is 5.91 Å². The standard InChI is InChI=1S/C30H51NO4/c1-19(4-9-28(34)31-18-20-11-14-35-15-12-20)24-7-8-25-23-6-5-21-16-22(32)10-13-29(21,2)26(23)17-27(33)30(24,25)3/h19-27,32-33H,4-18H2,1-3H3,(H,31,34)/t19-,21-,22-,23+,24-,25+,26+,27+,29+,30-/m1/s1. The maximum absolute atomic E-state index is 12.6. The lowest BCUT2D eigenvalue weighted by Crippen LogP contribution is -2.58. The minimum absolute atomic E-state index is 0.0173. The number of carbonyl (C=O) groups is 1. The number of aliphatic hydroxyl groups excluding tert-OH is 2. The van der Waals surface area contributed by atoms with Gasteiger partial charge in [-0.15, -0.1) is 0 Å². The summed E-state index contributed by atoms with van der Waals surface area (Å²) in [5, 5.41) is 25.2. The largest absolute Gasteiger partial charge is 0.393 e. The van der Waals surface area contributed by atoms with Gasteiger partial charge in [-0.25, -0.2) is 0 Å². The lowest BCUT2D eigenvalue weighted by atomic mass is 9.43. The second-order valence-corrected chi connectivity index (χ2v) is 13.8. The Balaban J connectivity index is 1.19. The van der Waals surface area contributed by atoms with Crippen molar-refractivity contribution in [2.24, 2.45) is 52.3 Å². The first kappa shape index (κ1) is 26.0. The van der Waals surface area contributed by atoms with Gasteiger partial charge in [-0.2, -0.15) is 0 Å². The topological polar surface area (TPSA) is 78.8 Å². The van der Waals surface area contributed by atoms with Crippen molar-refractivity contribution in [3.63, 3.8) is 0 Å². The maximum atomic E-state index is 12.6. The Morgan fingerprint density at radius 2 is 1.77 bits per heavy atom. The molecule has 0 aromatic rings. The third-order valence-corrected chi connectivity index (χ3v) is 12.3. The van der Waals surface area contributed by atoms with E-state index in [1.165, 1.54) is 25.7 Å². The van der Waals surface area contributed by atoms with Gasteiger partial charge in [0.05, 0.1) is 12.2 Å². The average molecular weight is 490 g/mol. The van der Waals surface area contributed by atoms with E-state index >= 15 is 0 Å². The minimum atomic E-state index is -0.242. The molecule has 4 aliphatic carbocycles. The third-order valence-electron chi connectivity index (χ3n) is 12.3. The van der Waals surface area contributed by atoms with Gasteiger partial charge in [0.15, 0.2) is 0 Å². The first-order chi connectivity index (χ1) is 16.7. The van der Waals surface area contributed by atoms with Crippen LogP contribution in [0.1, 0.15) is 97.8 Å². The Morgan fingerprint density at radius 1 is 1.00 bits per heavy atom. The van der Waals surface area contributed by atoms with Gasteiger partial charge in [0, 0.05) is 26.2 Å². The molecule has 1 aliphatic heterocycles. The van der Waals surface area contributed by atoms with E-state index in [2.05, 4.69) is 26.1 Å². The fourth-order valence-corrected chi connectivity index (χ4v) is 10.0. The SMILES string of the molecule is C[C@H](CCC(=O)NCC1CCOCC1)[C@H]1CC[C@H]2[C@@H]3CC[C@@H]4C[C@H](O)CC[C@]4(C)[C@H]3C[C@H](O)[C@]12C. The number of ether oxygens (including phenoxy) is 1. The zero-order chi connectivity index (χ0) is 24.8. The summed E-state index contributed by atoms with van der Waals surface area (Å²) in [5.41, 5.74) is 0.271. The number of nitrogens with one attached hydrogen (secondary N) is 1. The van der Waals surface area contributed by atoms with Crippen LogP contribution in [0.4, 0.5) is 0 Å². The van der Waals surface area contributed by atoms with Gasteiger partial charge in [-0.05, 0) is 123 Å². The zero-order valence-corrected chi connectivity index (χ0v) is 22.5. The van der Waals surface area contributed by atoms with E-state index in [9.17, 15) is 15.0 Å². The summed E-state index contributed by atoms with van der Waals surface area (Å²) < 4.78 is 5.43. The molecule has 0 spiro atoms. The van der Waals surface area contributed by atoms with Crippen molar-refractivity contribution in [3.8, 4) is 0 Å². The smallest absolute Gasteiger partial charge is 0.220 e. The summed E-state index contributed by atoms with van der Waals surface area (Å²) in [6.07, 6.45) is 12.2. The summed E-state index contributed by atoms with van der Waals surface area (Å²) in [6.45, 7) is 9.67. The predicted octanol–water partition coefficient (Wildman–Crippen LogP) is 4.94. The summed E-state index contributed by atoms with van der Waals surface area (Å²) >= 11 is 0. The van der Waals surface area contributed by atoms with Crippen LogP contribution in [0, 0.1) is 52.3 Å². The second-order valence-electron chi connectivity index (χ2n) is 13.8. The first-order valence-electron chi connectivity index (χ1n) is 14.9. The fraction of sp³-hybridized carbons (Fsp3) is 0.967. The van der Waals surface area contributed by atoms with Gasteiger partial charge in [0.1, 0.15) is 0 Å². The molecule has 0 aromatic heterocycles. The van der Waals surface area contributed by atoms with Crippen LogP contribution in [0.15, 0.2) is 0 Å². The predicted molar refractivity (Wildman–Crippen MR) is 138 cm³/mol. The van der Waals surface area contributed by atoms with Crippen LogP contribution in [0.2, 0.25) is 0 Å².